The third-order valence-corrected chi connectivity index (χ3v) is 5.73. The smallest absolute Gasteiger partial charge is 0.387 e. The summed E-state index contributed by atoms with van der Waals surface area (Å²) in [4.78, 5) is 39.1. The number of amides is 3. The first kappa shape index (κ1) is 22.4. The second kappa shape index (κ2) is 8.09. The number of Topliss-reactive ketones (excluding diaryl/α,β-unsaturated/α-hetero) is 1. The Bertz CT molecular complexity index is 1070. The molecule has 2 aromatic rings. The van der Waals surface area contributed by atoms with Crippen molar-refractivity contribution in [3.63, 3.8) is 0 Å². The number of nitrogens with zero attached hydrogens (tertiary/aromatic N) is 1. The lowest BCUT2D eigenvalue weighted by atomic mass is 9.90. The van der Waals surface area contributed by atoms with Gasteiger partial charge in [-0.1, -0.05) is 18.2 Å². The van der Waals surface area contributed by atoms with E-state index in [1.807, 2.05) is 26.8 Å². The van der Waals surface area contributed by atoms with Gasteiger partial charge < -0.3 is 10.1 Å². The van der Waals surface area contributed by atoms with Gasteiger partial charge >= 0.3 is 12.6 Å². The highest BCUT2D eigenvalue weighted by Gasteiger charge is 2.49. The normalized spacial score (nSPS) is 18.5. The predicted molar refractivity (Wildman–Crippen MR) is 110 cm³/mol. The summed E-state index contributed by atoms with van der Waals surface area (Å²) in [6, 6.07) is 6.89. The van der Waals surface area contributed by atoms with Gasteiger partial charge in [-0.25, -0.2) is 4.79 Å². The van der Waals surface area contributed by atoms with Crippen LogP contribution in [0.25, 0.3) is 0 Å². The Kier molecular flexibility index (Phi) is 5.85. The molecule has 1 fully saturated rings. The van der Waals surface area contributed by atoms with Crippen LogP contribution in [0.4, 0.5) is 13.6 Å². The Balaban J connectivity index is 1.92. The molecule has 3 amide bonds. The van der Waals surface area contributed by atoms with Crippen LogP contribution in [0.3, 0.4) is 0 Å². The number of ketones is 1. The summed E-state index contributed by atoms with van der Waals surface area (Å²) in [6.07, 6.45) is 0. The molecular formula is C23H24F2N2O4. The molecule has 164 valence electrons. The maximum Gasteiger partial charge on any atom is 0.387 e. The highest BCUT2D eigenvalue weighted by molar-refractivity contribution is 6.07. The molecule has 1 N–H and O–H groups in total. The van der Waals surface area contributed by atoms with E-state index >= 15 is 0 Å². The molecular weight excluding hydrogens is 406 g/mol. The van der Waals surface area contributed by atoms with E-state index in [-0.39, 0.29) is 18.1 Å². The predicted octanol–water partition coefficient (Wildman–Crippen LogP) is 4.38. The van der Waals surface area contributed by atoms with Crippen molar-refractivity contribution in [1.29, 1.82) is 0 Å². The van der Waals surface area contributed by atoms with E-state index in [2.05, 4.69) is 10.1 Å². The first-order valence-electron chi connectivity index (χ1n) is 9.75. The quantitative estimate of drug-likeness (QED) is 0.545. The molecule has 1 heterocycles. The molecule has 3 rings (SSSR count). The monoisotopic (exact) mass is 430 g/mol. The van der Waals surface area contributed by atoms with Gasteiger partial charge in [-0.2, -0.15) is 8.78 Å². The van der Waals surface area contributed by atoms with E-state index < -0.39 is 24.1 Å². The molecule has 6 nitrogen and oxygen atoms in total. The molecule has 0 spiro atoms. The zero-order valence-electron chi connectivity index (χ0n) is 18.0. The van der Waals surface area contributed by atoms with Crippen molar-refractivity contribution in [2.24, 2.45) is 0 Å². The van der Waals surface area contributed by atoms with E-state index in [9.17, 15) is 23.2 Å². The third-order valence-electron chi connectivity index (χ3n) is 5.73. The largest absolute Gasteiger partial charge is 0.435 e. The number of ether oxygens (including phenoxy) is 1. The van der Waals surface area contributed by atoms with Crippen molar-refractivity contribution in [2.75, 3.05) is 0 Å². The van der Waals surface area contributed by atoms with Gasteiger partial charge in [-0.15, -0.1) is 0 Å². The second-order valence-electron chi connectivity index (χ2n) is 7.89. The lowest BCUT2D eigenvalue weighted by Gasteiger charge is -2.23. The number of urea groups is 1. The molecule has 31 heavy (non-hydrogen) atoms. The summed E-state index contributed by atoms with van der Waals surface area (Å²) in [5.41, 5.74) is 2.89. The van der Waals surface area contributed by atoms with Crippen molar-refractivity contribution in [1.82, 2.24) is 10.2 Å². The van der Waals surface area contributed by atoms with Crippen LogP contribution in [0.1, 0.15) is 52.0 Å². The van der Waals surface area contributed by atoms with Crippen LogP contribution in [0.15, 0.2) is 30.3 Å². The highest BCUT2D eigenvalue weighted by atomic mass is 19.3. The van der Waals surface area contributed by atoms with Gasteiger partial charge in [0.15, 0.2) is 5.78 Å². The molecule has 0 saturated carbocycles. The molecule has 1 aliphatic heterocycles. The molecule has 1 saturated heterocycles. The van der Waals surface area contributed by atoms with Crippen molar-refractivity contribution >= 4 is 17.7 Å². The van der Waals surface area contributed by atoms with Crippen LogP contribution in [0, 0.1) is 20.8 Å². The Hall–Kier alpha value is -3.29. The van der Waals surface area contributed by atoms with E-state index in [0.29, 0.717) is 11.1 Å². The number of nitrogens with one attached hydrogen (secondary N) is 1. The molecule has 1 aliphatic rings. The average Bonchev–Trinajstić information content (AvgIpc) is 2.88. The summed E-state index contributed by atoms with van der Waals surface area (Å²) < 4.78 is 29.1. The number of rotatable bonds is 6. The molecule has 1 unspecified atom stereocenters. The molecule has 0 aromatic heterocycles. The number of hydrogen-bond acceptors (Lipinski definition) is 4. The summed E-state index contributed by atoms with van der Waals surface area (Å²) >= 11 is 0. The SMILES string of the molecule is CC(=O)c1c(C)cc(C)c(CN2C(=O)NC(C)(c3ccc(OC(F)F)cc3)C2=O)c1C. The van der Waals surface area contributed by atoms with Crippen molar-refractivity contribution < 1.29 is 27.9 Å². The molecule has 0 bridgehead atoms. The molecule has 1 atom stereocenters. The number of carbonyl (C=O) groups excluding carboxylic acids is 3. The highest BCUT2D eigenvalue weighted by Crippen LogP contribution is 2.33. The fourth-order valence-electron chi connectivity index (χ4n) is 4.18. The number of hydrogen-bond donors (Lipinski definition) is 1. The topological polar surface area (TPSA) is 75.7 Å². The van der Waals surface area contributed by atoms with Gasteiger partial charge in [-0.05, 0) is 74.6 Å². The maximum atomic E-state index is 13.2. The number of alkyl halides is 2. The van der Waals surface area contributed by atoms with E-state index in [1.165, 1.54) is 31.2 Å². The van der Waals surface area contributed by atoms with Crippen LogP contribution in [0.5, 0.6) is 5.75 Å². The Morgan fingerprint density at radius 2 is 1.74 bits per heavy atom. The van der Waals surface area contributed by atoms with Crippen LogP contribution in [-0.2, 0) is 16.9 Å². The number of benzene rings is 2. The standard InChI is InChI=1S/C23H24F2N2O4/c1-12-10-13(2)19(15(4)28)14(3)18(12)11-27-20(29)23(5,26-22(27)30)16-6-8-17(9-7-16)31-21(24)25/h6-10,21H,11H2,1-5H3,(H,26,30). The van der Waals surface area contributed by atoms with E-state index in [0.717, 1.165) is 27.2 Å². The Morgan fingerprint density at radius 1 is 1.13 bits per heavy atom. The molecule has 0 radical (unpaired) electrons. The Labute approximate surface area is 179 Å². The maximum absolute atomic E-state index is 13.2. The number of aryl methyl sites for hydroxylation is 2. The van der Waals surface area contributed by atoms with Crippen LogP contribution < -0.4 is 10.1 Å². The first-order chi connectivity index (χ1) is 14.5. The minimum absolute atomic E-state index is 0.0189. The fourth-order valence-corrected chi connectivity index (χ4v) is 4.18. The van der Waals surface area contributed by atoms with Crippen molar-refractivity contribution in [3.05, 3.63) is 63.7 Å². The zero-order chi connectivity index (χ0) is 23.1. The zero-order valence-corrected chi connectivity index (χ0v) is 18.0. The summed E-state index contributed by atoms with van der Waals surface area (Å²) in [5.74, 6) is -0.591. The van der Waals surface area contributed by atoms with E-state index in [4.69, 9.17) is 0 Å². The minimum Gasteiger partial charge on any atom is -0.435 e. The summed E-state index contributed by atoms with van der Waals surface area (Å²) in [6.45, 7) is 5.65. The minimum atomic E-state index is -2.95. The van der Waals surface area contributed by atoms with Gasteiger partial charge in [0, 0.05) is 5.56 Å². The van der Waals surface area contributed by atoms with E-state index in [1.54, 1.807) is 6.92 Å². The van der Waals surface area contributed by atoms with Gasteiger partial charge in [0.25, 0.3) is 5.91 Å². The molecule has 8 heteroatoms. The number of halogens is 2. The Morgan fingerprint density at radius 3 is 2.29 bits per heavy atom. The fraction of sp³-hybridized carbons (Fsp3) is 0.348. The van der Waals surface area contributed by atoms with Gasteiger partial charge in [-0.3, -0.25) is 14.5 Å². The average molecular weight is 430 g/mol. The van der Waals surface area contributed by atoms with Gasteiger partial charge in [0.05, 0.1) is 6.54 Å². The molecule has 0 aliphatic carbocycles. The van der Waals surface area contributed by atoms with Crippen molar-refractivity contribution in [2.45, 2.75) is 53.3 Å². The lowest BCUT2D eigenvalue weighted by molar-refractivity contribution is -0.131. The second-order valence-corrected chi connectivity index (χ2v) is 7.89. The third kappa shape index (κ3) is 4.02. The summed E-state index contributed by atoms with van der Waals surface area (Å²) in [7, 11) is 0. The number of imide groups is 1. The van der Waals surface area contributed by atoms with Crippen molar-refractivity contribution in [3.8, 4) is 5.75 Å². The van der Waals surface area contributed by atoms with Crippen LogP contribution in [0.2, 0.25) is 0 Å². The van der Waals surface area contributed by atoms with Crippen LogP contribution in [-0.4, -0.2) is 29.2 Å². The van der Waals surface area contributed by atoms with Gasteiger partial charge in [0.2, 0.25) is 0 Å². The van der Waals surface area contributed by atoms with Crippen LogP contribution >= 0.6 is 0 Å². The summed E-state index contributed by atoms with van der Waals surface area (Å²) in [5, 5.41) is 2.70. The van der Waals surface area contributed by atoms with Gasteiger partial charge in [0.1, 0.15) is 11.3 Å². The first-order valence-corrected chi connectivity index (χ1v) is 9.75. The molecule has 2 aromatic carbocycles. The number of carbonyl (C=O) groups is 3. The lowest BCUT2D eigenvalue weighted by Crippen LogP contribution is -2.40.